The number of hydrogen-bond donors (Lipinski definition) is 5. The van der Waals surface area contributed by atoms with Crippen LogP contribution in [0.3, 0.4) is 0 Å². The fourth-order valence-corrected chi connectivity index (χ4v) is 5.16. The number of aliphatic hydroxyl groups excluding tert-OH is 3. The molecule has 0 spiro atoms. The highest BCUT2D eigenvalue weighted by Gasteiger charge is 2.48. The van der Waals surface area contributed by atoms with Crippen LogP contribution in [0.15, 0.2) is 46.7 Å². The van der Waals surface area contributed by atoms with E-state index < -0.39 is 48.6 Å². The number of carboxylic acids is 1. The number of carbonyl (C=O) groups is 3. The number of carboxylic acid groups (broad SMARTS) is 1. The Morgan fingerprint density at radius 3 is 2.29 bits per heavy atom. The lowest BCUT2D eigenvalue weighted by atomic mass is 9.99. The Kier molecular flexibility index (Phi) is 21.2. The van der Waals surface area contributed by atoms with Crippen LogP contribution < -0.4 is 10.1 Å². The molecule has 0 aliphatic carbocycles. The first kappa shape index (κ1) is 44.7. The molecule has 1 aliphatic heterocycles. The minimum Gasteiger partial charge on any atom is -0.479 e. The number of nitrogens with one attached hydrogen (secondary N) is 1. The van der Waals surface area contributed by atoms with Crippen molar-refractivity contribution in [2.75, 3.05) is 51.6 Å². The zero-order valence-corrected chi connectivity index (χ0v) is 31.4. The Morgan fingerprint density at radius 1 is 0.904 bits per heavy atom. The third kappa shape index (κ3) is 16.9. The van der Waals surface area contributed by atoms with E-state index in [1.165, 1.54) is 36.3 Å². The summed E-state index contributed by atoms with van der Waals surface area (Å²) >= 11 is 1.82. The predicted octanol–water partition coefficient (Wildman–Crippen LogP) is 2.99. The van der Waals surface area contributed by atoms with Gasteiger partial charge in [0.2, 0.25) is 6.29 Å². The summed E-state index contributed by atoms with van der Waals surface area (Å²) in [5.41, 5.74) is 4.05. The molecule has 0 saturated carbocycles. The quantitative estimate of drug-likeness (QED) is 0.0338. The highest BCUT2D eigenvalue weighted by Crippen LogP contribution is 2.28. The molecule has 16 heteroatoms. The van der Waals surface area contributed by atoms with Gasteiger partial charge in [0.05, 0.1) is 37.7 Å². The van der Waals surface area contributed by atoms with Crippen LogP contribution >= 0.6 is 11.8 Å². The SMILES string of the molecule is CSC/C=C(\C)CC/C=C(\C)CC/C(C)=N/OCCOCCOCCNC(=O)c1cc(COC(C)=O)ccc1O[C@@H]1O[C@H](C(=O)O)[C@@H](O)[C@H](O)[C@H]1O. The van der Waals surface area contributed by atoms with Gasteiger partial charge in [-0.3, -0.25) is 9.59 Å². The van der Waals surface area contributed by atoms with Crippen molar-refractivity contribution in [3.05, 3.63) is 52.6 Å². The van der Waals surface area contributed by atoms with Crippen molar-refractivity contribution >= 4 is 35.3 Å². The number of aliphatic carboxylic acids is 1. The van der Waals surface area contributed by atoms with Crippen LogP contribution in [0.5, 0.6) is 5.75 Å². The Hall–Kier alpha value is -3.51. The van der Waals surface area contributed by atoms with Gasteiger partial charge in [-0.1, -0.05) is 34.5 Å². The van der Waals surface area contributed by atoms with Gasteiger partial charge in [-0.25, -0.2) is 4.79 Å². The maximum Gasteiger partial charge on any atom is 0.335 e. The number of carbonyl (C=O) groups excluding carboxylic acids is 2. The molecule has 1 aliphatic rings. The van der Waals surface area contributed by atoms with Gasteiger partial charge in [0.15, 0.2) is 6.10 Å². The highest BCUT2D eigenvalue weighted by molar-refractivity contribution is 7.98. The number of oxime groups is 1. The van der Waals surface area contributed by atoms with Crippen LogP contribution in [0.1, 0.15) is 69.3 Å². The van der Waals surface area contributed by atoms with Crippen LogP contribution in [0.25, 0.3) is 0 Å². The molecule has 0 unspecified atom stereocenters. The van der Waals surface area contributed by atoms with E-state index in [-0.39, 0.29) is 37.7 Å². The number of aliphatic hydroxyl groups is 3. The van der Waals surface area contributed by atoms with E-state index in [9.17, 15) is 34.8 Å². The highest BCUT2D eigenvalue weighted by atomic mass is 32.2. The Bertz CT molecular complexity index is 1370. The summed E-state index contributed by atoms with van der Waals surface area (Å²) in [5, 5.41) is 46.6. The van der Waals surface area contributed by atoms with E-state index in [2.05, 4.69) is 42.7 Å². The molecule has 5 N–H and O–H groups in total. The molecule has 0 bridgehead atoms. The molecule has 0 aromatic heterocycles. The second-order valence-corrected chi connectivity index (χ2v) is 13.1. The summed E-state index contributed by atoms with van der Waals surface area (Å²) in [6, 6.07) is 4.22. The lowest BCUT2D eigenvalue weighted by molar-refractivity contribution is -0.271. The second-order valence-electron chi connectivity index (χ2n) is 12.2. The fourth-order valence-electron chi connectivity index (χ4n) is 4.71. The van der Waals surface area contributed by atoms with E-state index in [0.717, 1.165) is 37.1 Å². The van der Waals surface area contributed by atoms with Gasteiger partial charge < -0.3 is 54.3 Å². The number of thioether (sulfide) groups is 1. The van der Waals surface area contributed by atoms with Gasteiger partial charge in [-0.15, -0.1) is 0 Å². The molecule has 1 aromatic carbocycles. The van der Waals surface area contributed by atoms with Gasteiger partial charge in [0.1, 0.15) is 37.3 Å². The summed E-state index contributed by atoms with van der Waals surface area (Å²) in [7, 11) is 0. The van der Waals surface area contributed by atoms with Gasteiger partial charge in [-0.05, 0) is 70.4 Å². The molecule has 1 saturated heterocycles. The number of allylic oxidation sites excluding steroid dienone is 3. The smallest absolute Gasteiger partial charge is 0.335 e. The van der Waals surface area contributed by atoms with Crippen LogP contribution in [-0.4, -0.2) is 126 Å². The molecule has 292 valence electrons. The molecule has 15 nitrogen and oxygen atoms in total. The molecule has 5 atom stereocenters. The number of hydrogen-bond acceptors (Lipinski definition) is 14. The molecule has 1 amide bonds. The average Bonchev–Trinajstić information content (AvgIpc) is 3.11. The zero-order chi connectivity index (χ0) is 38.5. The van der Waals surface area contributed by atoms with E-state index in [4.69, 9.17) is 28.5 Å². The van der Waals surface area contributed by atoms with Crippen molar-refractivity contribution in [3.63, 3.8) is 0 Å². The summed E-state index contributed by atoms with van der Waals surface area (Å²) < 4.78 is 26.8. The number of amides is 1. The number of esters is 1. The first-order valence-corrected chi connectivity index (χ1v) is 18.5. The summed E-state index contributed by atoms with van der Waals surface area (Å²) in [6.07, 6.45) is 1.29. The average molecular weight is 755 g/mol. The molecule has 52 heavy (non-hydrogen) atoms. The standard InChI is InChI=1S/C36H54N2O13S/c1-23(7-6-8-24(2)13-20-52-5)9-10-25(3)38-49-19-18-47-17-16-46-15-14-37-34(43)28-21-27(22-48-26(4)39)11-12-29(28)50-36-32(42)30(40)31(41)33(51-36)35(44)45/h7,11-13,21,30-33,36,40-42H,6,8-10,14-20,22H2,1-5H3,(H,37,43)(H,44,45)/b23-7+,24-13+,38-25+/t30-,31-,32+,33-,36+/m0/s1. The van der Waals surface area contributed by atoms with Crippen molar-refractivity contribution in [2.45, 2.75) is 90.7 Å². The number of rotatable bonds is 24. The first-order chi connectivity index (χ1) is 24.8. The predicted molar refractivity (Wildman–Crippen MR) is 194 cm³/mol. The van der Waals surface area contributed by atoms with Crippen LogP contribution in [0.4, 0.5) is 0 Å². The second kappa shape index (κ2) is 24.7. The fraction of sp³-hybridized carbons (Fsp3) is 0.611. The minimum atomic E-state index is -1.91. The number of nitrogens with zero attached hydrogens (tertiary/aromatic N) is 1. The topological polar surface area (TPSA) is 212 Å². The molecule has 1 fully saturated rings. The lowest BCUT2D eigenvalue weighted by Crippen LogP contribution is -2.61. The van der Waals surface area contributed by atoms with Crippen LogP contribution in [0, 0.1) is 0 Å². The van der Waals surface area contributed by atoms with E-state index >= 15 is 0 Å². The Labute approximate surface area is 309 Å². The monoisotopic (exact) mass is 754 g/mol. The van der Waals surface area contributed by atoms with E-state index in [0.29, 0.717) is 25.4 Å². The third-order valence-electron chi connectivity index (χ3n) is 7.74. The largest absolute Gasteiger partial charge is 0.479 e. The molecular formula is C36H54N2O13S. The van der Waals surface area contributed by atoms with Crippen molar-refractivity contribution in [1.29, 1.82) is 0 Å². The van der Waals surface area contributed by atoms with Crippen molar-refractivity contribution in [3.8, 4) is 5.75 Å². The minimum absolute atomic E-state index is 0.0546. The lowest BCUT2D eigenvalue weighted by Gasteiger charge is -2.38. The van der Waals surface area contributed by atoms with Crippen molar-refractivity contribution < 1.29 is 63.3 Å². The van der Waals surface area contributed by atoms with Gasteiger partial charge in [-0.2, -0.15) is 11.8 Å². The van der Waals surface area contributed by atoms with Gasteiger partial charge >= 0.3 is 11.9 Å². The molecule has 1 heterocycles. The van der Waals surface area contributed by atoms with E-state index in [1.807, 2.05) is 18.7 Å². The number of benzene rings is 1. The normalized spacial score (nSPS) is 21.1. The molecular weight excluding hydrogens is 700 g/mol. The Morgan fingerprint density at radius 2 is 1.60 bits per heavy atom. The van der Waals surface area contributed by atoms with Gasteiger partial charge in [0, 0.05) is 19.2 Å². The van der Waals surface area contributed by atoms with E-state index in [1.54, 1.807) is 0 Å². The number of ether oxygens (including phenoxy) is 5. The van der Waals surface area contributed by atoms with Crippen molar-refractivity contribution in [2.24, 2.45) is 5.16 Å². The van der Waals surface area contributed by atoms with Crippen molar-refractivity contribution in [1.82, 2.24) is 5.32 Å². The molecule has 0 radical (unpaired) electrons. The van der Waals surface area contributed by atoms with Crippen LogP contribution in [-0.2, 0) is 40.0 Å². The molecule has 1 aromatic rings. The maximum absolute atomic E-state index is 13.1. The summed E-state index contributed by atoms with van der Waals surface area (Å²) in [6.45, 7) is 8.78. The maximum atomic E-state index is 13.1. The third-order valence-corrected chi connectivity index (χ3v) is 8.24. The summed E-state index contributed by atoms with van der Waals surface area (Å²) in [5.74, 6) is -1.81. The Balaban J connectivity index is 1.73. The summed E-state index contributed by atoms with van der Waals surface area (Å²) in [4.78, 5) is 41.2. The zero-order valence-electron chi connectivity index (χ0n) is 30.6. The van der Waals surface area contributed by atoms with Crippen LogP contribution in [0.2, 0.25) is 0 Å². The first-order valence-electron chi connectivity index (χ1n) is 17.1. The van der Waals surface area contributed by atoms with Gasteiger partial charge in [0.25, 0.3) is 5.91 Å². The molecule has 2 rings (SSSR count).